The maximum atomic E-state index is 11.9. The zero-order valence-corrected chi connectivity index (χ0v) is 15.2. The zero-order chi connectivity index (χ0) is 18.3. The highest BCUT2D eigenvalue weighted by Crippen LogP contribution is 2.32. The van der Waals surface area contributed by atoms with E-state index in [1.807, 2.05) is 24.3 Å². The van der Waals surface area contributed by atoms with Gasteiger partial charge in [-0.15, -0.1) is 0 Å². The van der Waals surface area contributed by atoms with E-state index in [0.29, 0.717) is 15.7 Å². The summed E-state index contributed by atoms with van der Waals surface area (Å²) in [5.41, 5.74) is 3.99. The van der Waals surface area contributed by atoms with Crippen LogP contribution in [0.4, 0.5) is 0 Å². The van der Waals surface area contributed by atoms with Crippen LogP contribution in [0.2, 0.25) is 10.0 Å². The molecule has 2 aromatic heterocycles. The number of carbonyl (C=O) groups excluding carboxylic acids is 1. The van der Waals surface area contributed by atoms with E-state index in [-0.39, 0.29) is 12.4 Å². The van der Waals surface area contributed by atoms with E-state index in [4.69, 9.17) is 32.9 Å². The molecule has 4 rings (SSSR count). The van der Waals surface area contributed by atoms with E-state index in [0.717, 1.165) is 32.9 Å². The number of esters is 1. The average molecular weight is 386 g/mol. The Morgan fingerprint density at radius 1 is 1.15 bits per heavy atom. The number of halogens is 2. The quantitative estimate of drug-likeness (QED) is 0.514. The molecule has 0 aliphatic carbocycles. The van der Waals surface area contributed by atoms with Crippen LogP contribution in [-0.2, 0) is 16.0 Å². The predicted octanol–water partition coefficient (Wildman–Crippen LogP) is 4.80. The van der Waals surface area contributed by atoms with Gasteiger partial charge in [-0.25, -0.2) is 4.98 Å². The van der Waals surface area contributed by atoms with Gasteiger partial charge in [-0.3, -0.25) is 9.89 Å². The Bertz CT molecular complexity index is 1150. The summed E-state index contributed by atoms with van der Waals surface area (Å²) in [5.74, 6) is -0.321. The average Bonchev–Trinajstić information content (AvgIpc) is 3.12. The van der Waals surface area contributed by atoms with E-state index >= 15 is 0 Å². The molecule has 0 unspecified atom stereocenters. The van der Waals surface area contributed by atoms with E-state index in [9.17, 15) is 4.79 Å². The van der Waals surface area contributed by atoms with Gasteiger partial charge in [0, 0.05) is 16.3 Å². The molecule has 5 nitrogen and oxygen atoms in total. The molecule has 0 radical (unpaired) electrons. The van der Waals surface area contributed by atoms with Gasteiger partial charge in [-0.1, -0.05) is 29.3 Å². The van der Waals surface area contributed by atoms with Crippen molar-refractivity contribution in [2.75, 3.05) is 7.11 Å². The molecule has 130 valence electrons. The molecule has 0 spiro atoms. The number of nitrogens with one attached hydrogen (secondary N) is 1. The van der Waals surface area contributed by atoms with Crippen molar-refractivity contribution in [2.24, 2.45) is 0 Å². The Morgan fingerprint density at radius 2 is 2.00 bits per heavy atom. The first-order valence-electron chi connectivity index (χ1n) is 7.85. The first kappa shape index (κ1) is 16.8. The third kappa shape index (κ3) is 2.89. The minimum absolute atomic E-state index is 0.133. The second kappa shape index (κ2) is 6.59. The van der Waals surface area contributed by atoms with Gasteiger partial charge < -0.3 is 4.74 Å². The summed E-state index contributed by atoms with van der Waals surface area (Å²) in [7, 11) is 1.37. The molecule has 0 aliphatic rings. The minimum Gasteiger partial charge on any atom is -0.469 e. The Labute approximate surface area is 158 Å². The lowest BCUT2D eigenvalue weighted by molar-refractivity contribution is -0.139. The van der Waals surface area contributed by atoms with Crippen LogP contribution in [0.25, 0.3) is 33.1 Å². The van der Waals surface area contributed by atoms with Gasteiger partial charge in [0.25, 0.3) is 0 Å². The maximum Gasteiger partial charge on any atom is 0.310 e. The minimum atomic E-state index is -0.321. The summed E-state index contributed by atoms with van der Waals surface area (Å²) in [6.07, 6.45) is 1.87. The molecule has 26 heavy (non-hydrogen) atoms. The number of ether oxygens (including phenoxy) is 1. The number of benzene rings is 2. The summed E-state index contributed by atoms with van der Waals surface area (Å²) in [6, 6.07) is 11.0. The third-order valence-corrected chi connectivity index (χ3v) is 4.99. The highest BCUT2D eigenvalue weighted by Gasteiger charge is 2.15. The number of rotatable bonds is 3. The number of carbonyl (C=O) groups is 1. The molecular weight excluding hydrogens is 373 g/mol. The normalized spacial score (nSPS) is 11.2. The van der Waals surface area contributed by atoms with E-state index in [1.165, 1.54) is 7.11 Å². The fourth-order valence-electron chi connectivity index (χ4n) is 3.01. The Hall–Kier alpha value is -2.63. The molecule has 1 N–H and O–H groups in total. The van der Waals surface area contributed by atoms with Crippen LogP contribution in [0.1, 0.15) is 5.56 Å². The summed E-state index contributed by atoms with van der Waals surface area (Å²) in [4.78, 5) is 16.7. The predicted molar refractivity (Wildman–Crippen MR) is 103 cm³/mol. The largest absolute Gasteiger partial charge is 0.469 e. The fraction of sp³-hybridized carbons (Fsp3) is 0.105. The highest BCUT2D eigenvalue weighted by atomic mass is 35.5. The van der Waals surface area contributed by atoms with Gasteiger partial charge in [0.1, 0.15) is 0 Å². The van der Waals surface area contributed by atoms with Crippen LogP contribution < -0.4 is 0 Å². The maximum absolute atomic E-state index is 11.9. The third-order valence-electron chi connectivity index (χ3n) is 4.25. The molecular formula is C19H13Cl2N3O2. The van der Waals surface area contributed by atoms with Crippen molar-refractivity contribution in [2.45, 2.75) is 6.42 Å². The zero-order valence-electron chi connectivity index (χ0n) is 13.7. The second-order valence-corrected chi connectivity index (χ2v) is 6.65. The highest BCUT2D eigenvalue weighted by molar-refractivity contribution is 6.42. The Balaban J connectivity index is 1.99. The molecule has 2 aromatic carbocycles. The molecule has 0 atom stereocenters. The molecule has 0 bridgehead atoms. The van der Waals surface area contributed by atoms with Crippen molar-refractivity contribution < 1.29 is 9.53 Å². The lowest BCUT2D eigenvalue weighted by Gasteiger charge is -2.11. The lowest BCUT2D eigenvalue weighted by Crippen LogP contribution is -2.06. The van der Waals surface area contributed by atoms with Crippen molar-refractivity contribution in [3.8, 4) is 11.3 Å². The number of fused-ring (bicyclic) bond motifs is 3. The molecule has 7 heteroatoms. The Morgan fingerprint density at radius 3 is 2.77 bits per heavy atom. The summed E-state index contributed by atoms with van der Waals surface area (Å²) in [6.45, 7) is 0. The topological polar surface area (TPSA) is 67.9 Å². The molecule has 0 saturated carbocycles. The van der Waals surface area contributed by atoms with Gasteiger partial charge in [0.2, 0.25) is 0 Å². The first-order chi connectivity index (χ1) is 12.6. The SMILES string of the molecule is COC(=O)Cc1cc(-c2ccc(Cl)c(Cl)c2)nc2ccc3[nH]ncc3c12. The number of hydrogen-bond acceptors (Lipinski definition) is 4. The Kier molecular flexibility index (Phi) is 4.26. The van der Waals surface area contributed by atoms with Gasteiger partial charge in [-0.05, 0) is 35.9 Å². The molecule has 0 aliphatic heterocycles. The van der Waals surface area contributed by atoms with Crippen molar-refractivity contribution in [1.29, 1.82) is 0 Å². The number of hydrogen-bond donors (Lipinski definition) is 1. The van der Waals surface area contributed by atoms with Crippen LogP contribution in [0, 0.1) is 0 Å². The van der Waals surface area contributed by atoms with E-state index in [2.05, 4.69) is 10.2 Å². The summed E-state index contributed by atoms with van der Waals surface area (Å²) >= 11 is 12.2. The molecule has 2 heterocycles. The van der Waals surface area contributed by atoms with Gasteiger partial charge in [-0.2, -0.15) is 5.10 Å². The second-order valence-electron chi connectivity index (χ2n) is 5.84. The number of nitrogens with zero attached hydrogens (tertiary/aromatic N) is 2. The lowest BCUT2D eigenvalue weighted by atomic mass is 9.99. The van der Waals surface area contributed by atoms with Crippen molar-refractivity contribution in [1.82, 2.24) is 15.2 Å². The van der Waals surface area contributed by atoms with Crippen molar-refractivity contribution >= 4 is 51.0 Å². The van der Waals surface area contributed by atoms with Crippen molar-refractivity contribution in [3.63, 3.8) is 0 Å². The molecule has 0 amide bonds. The van der Waals surface area contributed by atoms with Crippen LogP contribution in [-0.4, -0.2) is 28.3 Å². The van der Waals surface area contributed by atoms with Gasteiger partial charge in [0.05, 0.1) is 46.5 Å². The monoisotopic (exact) mass is 385 g/mol. The van der Waals surface area contributed by atoms with Gasteiger partial charge >= 0.3 is 5.97 Å². The molecule has 4 aromatic rings. The van der Waals surface area contributed by atoms with Crippen LogP contribution in [0.15, 0.2) is 42.6 Å². The van der Waals surface area contributed by atoms with E-state index in [1.54, 1.807) is 18.3 Å². The number of pyridine rings is 1. The van der Waals surface area contributed by atoms with E-state index < -0.39 is 0 Å². The summed E-state index contributed by atoms with van der Waals surface area (Å²) in [5, 5.41) is 9.75. The smallest absolute Gasteiger partial charge is 0.310 e. The number of aromatic amines is 1. The summed E-state index contributed by atoms with van der Waals surface area (Å²) < 4.78 is 4.86. The van der Waals surface area contributed by atoms with Crippen molar-refractivity contribution in [3.05, 3.63) is 58.2 Å². The van der Waals surface area contributed by atoms with Crippen LogP contribution in [0.3, 0.4) is 0 Å². The standard InChI is InChI=1S/C19H13Cl2N3O2/c1-26-18(25)8-11-7-17(10-2-3-13(20)14(21)6-10)23-16-5-4-15-12(19(11)16)9-22-24-15/h2-7,9H,8H2,1H3,(H,22,24). The molecule has 0 fully saturated rings. The van der Waals surface area contributed by atoms with Crippen LogP contribution >= 0.6 is 23.2 Å². The van der Waals surface area contributed by atoms with Crippen LogP contribution in [0.5, 0.6) is 0 Å². The number of H-pyrrole nitrogens is 1. The number of methoxy groups -OCH3 is 1. The fourth-order valence-corrected chi connectivity index (χ4v) is 3.30. The molecule has 0 saturated heterocycles. The van der Waals surface area contributed by atoms with Gasteiger partial charge in [0.15, 0.2) is 0 Å². The first-order valence-corrected chi connectivity index (χ1v) is 8.60. The number of aromatic nitrogens is 3.